The summed E-state index contributed by atoms with van der Waals surface area (Å²) in [5.41, 5.74) is 4.48. The highest BCUT2D eigenvalue weighted by molar-refractivity contribution is 5.77. The van der Waals surface area contributed by atoms with Gasteiger partial charge in [-0.05, 0) is 59.5 Å². The third-order valence-electron chi connectivity index (χ3n) is 4.11. The fourth-order valence-corrected chi connectivity index (χ4v) is 2.76. The van der Waals surface area contributed by atoms with Crippen LogP contribution >= 0.6 is 0 Å². The summed E-state index contributed by atoms with van der Waals surface area (Å²) in [5.74, 6) is 6.03. The molecule has 27 heavy (non-hydrogen) atoms. The van der Waals surface area contributed by atoms with E-state index in [2.05, 4.69) is 21.8 Å². The van der Waals surface area contributed by atoms with Crippen molar-refractivity contribution < 1.29 is 9.13 Å². The lowest BCUT2D eigenvalue weighted by Crippen LogP contribution is -1.94. The molecule has 0 amide bonds. The van der Waals surface area contributed by atoms with Crippen molar-refractivity contribution in [2.45, 2.75) is 13.2 Å². The van der Waals surface area contributed by atoms with Crippen molar-refractivity contribution in [3.63, 3.8) is 0 Å². The Morgan fingerprint density at radius 2 is 1.74 bits per heavy atom. The van der Waals surface area contributed by atoms with E-state index in [1.807, 2.05) is 48.5 Å². The molecule has 0 aliphatic carbocycles. The lowest BCUT2D eigenvalue weighted by Gasteiger charge is -2.05. The molecule has 0 fully saturated rings. The molecule has 0 saturated carbocycles. The second kappa shape index (κ2) is 7.86. The molecule has 1 N–H and O–H groups in total. The molecule has 0 unspecified atom stereocenters. The number of nitrogens with one attached hydrogen (secondary N) is 1. The minimum atomic E-state index is -0.246. The van der Waals surface area contributed by atoms with Crippen LogP contribution in [-0.4, -0.2) is 9.97 Å². The van der Waals surface area contributed by atoms with E-state index in [9.17, 15) is 4.39 Å². The Hall–Kier alpha value is -3.42. The second-order valence-corrected chi connectivity index (χ2v) is 6.19. The molecule has 132 valence electrons. The van der Waals surface area contributed by atoms with E-state index in [-0.39, 0.29) is 5.82 Å². The number of pyridine rings is 1. The van der Waals surface area contributed by atoms with Gasteiger partial charge < -0.3 is 9.72 Å². The van der Waals surface area contributed by atoms with E-state index >= 15 is 0 Å². The van der Waals surface area contributed by atoms with Crippen molar-refractivity contribution in [1.29, 1.82) is 0 Å². The Kier molecular flexibility index (Phi) is 4.95. The van der Waals surface area contributed by atoms with Crippen molar-refractivity contribution in [2.75, 3.05) is 0 Å². The highest BCUT2D eigenvalue weighted by Crippen LogP contribution is 2.12. The SMILES string of the molecule is Fc1cccc(COCc2ccc(C#Cc3cc4cccnc4[nH]3)cc2)c1. The van der Waals surface area contributed by atoms with Crippen LogP contribution in [0.5, 0.6) is 0 Å². The summed E-state index contributed by atoms with van der Waals surface area (Å²) in [4.78, 5) is 7.46. The maximum atomic E-state index is 13.1. The maximum absolute atomic E-state index is 13.1. The number of aromatic amines is 1. The average molecular weight is 356 g/mol. The molecule has 2 heterocycles. The number of nitrogens with zero attached hydrogens (tertiary/aromatic N) is 1. The number of rotatable bonds is 4. The fraction of sp³-hybridized carbons (Fsp3) is 0.0870. The van der Waals surface area contributed by atoms with Crippen molar-refractivity contribution in [1.82, 2.24) is 9.97 Å². The second-order valence-electron chi connectivity index (χ2n) is 6.19. The van der Waals surface area contributed by atoms with Gasteiger partial charge in [0.2, 0.25) is 0 Å². The van der Waals surface area contributed by atoms with Crippen molar-refractivity contribution >= 4 is 11.0 Å². The number of benzene rings is 2. The molecule has 0 bridgehead atoms. The molecule has 4 rings (SSSR count). The Bertz CT molecular complexity index is 1090. The first-order valence-electron chi connectivity index (χ1n) is 8.63. The van der Waals surface area contributed by atoms with E-state index < -0.39 is 0 Å². The lowest BCUT2D eigenvalue weighted by atomic mass is 10.1. The molecule has 2 aromatic heterocycles. The first kappa shape index (κ1) is 17.0. The molecule has 4 heteroatoms. The topological polar surface area (TPSA) is 37.9 Å². The highest BCUT2D eigenvalue weighted by Gasteiger charge is 1.99. The molecule has 4 aromatic rings. The Morgan fingerprint density at radius 3 is 2.56 bits per heavy atom. The molecule has 3 nitrogen and oxygen atoms in total. The van der Waals surface area contributed by atoms with Crippen LogP contribution in [-0.2, 0) is 18.0 Å². The van der Waals surface area contributed by atoms with Gasteiger partial charge in [0.15, 0.2) is 0 Å². The molecule has 0 aliphatic rings. The van der Waals surface area contributed by atoms with Gasteiger partial charge in [-0.15, -0.1) is 0 Å². The van der Waals surface area contributed by atoms with Gasteiger partial charge in [-0.25, -0.2) is 9.37 Å². The predicted octanol–water partition coefficient (Wildman–Crippen LogP) is 4.82. The van der Waals surface area contributed by atoms with E-state index in [4.69, 9.17) is 4.74 Å². The number of halogens is 1. The van der Waals surface area contributed by atoms with Crippen LogP contribution in [0.25, 0.3) is 11.0 Å². The van der Waals surface area contributed by atoms with E-state index in [0.717, 1.165) is 33.4 Å². The Morgan fingerprint density at radius 1 is 0.889 bits per heavy atom. The summed E-state index contributed by atoms with van der Waals surface area (Å²) >= 11 is 0. The summed E-state index contributed by atoms with van der Waals surface area (Å²) < 4.78 is 18.8. The maximum Gasteiger partial charge on any atom is 0.138 e. The monoisotopic (exact) mass is 356 g/mol. The van der Waals surface area contributed by atoms with Crippen LogP contribution in [0.2, 0.25) is 0 Å². The van der Waals surface area contributed by atoms with Crippen LogP contribution in [0.4, 0.5) is 4.39 Å². The zero-order valence-electron chi connectivity index (χ0n) is 14.6. The van der Waals surface area contributed by atoms with Gasteiger partial charge in [0, 0.05) is 17.1 Å². The first-order chi connectivity index (χ1) is 13.3. The standard InChI is InChI=1S/C23H17FN2O/c24-21-5-1-3-19(13-21)16-27-15-18-8-6-17(7-9-18)10-11-22-14-20-4-2-12-25-23(20)26-22/h1-9,12-14H,15-16H2,(H,25,26). The van der Waals surface area contributed by atoms with Crippen molar-refractivity contribution in [2.24, 2.45) is 0 Å². The minimum Gasteiger partial charge on any atom is -0.372 e. The third-order valence-corrected chi connectivity index (χ3v) is 4.11. The Balaban J connectivity index is 1.36. The van der Waals surface area contributed by atoms with Gasteiger partial charge in [0.05, 0.1) is 18.9 Å². The molecule has 2 aromatic carbocycles. The summed E-state index contributed by atoms with van der Waals surface area (Å²) in [5, 5.41) is 1.05. The first-order valence-corrected chi connectivity index (χ1v) is 8.63. The smallest absolute Gasteiger partial charge is 0.138 e. The number of H-pyrrole nitrogens is 1. The summed E-state index contributed by atoms with van der Waals surface area (Å²) in [6.45, 7) is 0.853. The molecule has 0 saturated heterocycles. The third kappa shape index (κ3) is 4.41. The molecule has 0 radical (unpaired) electrons. The van der Waals surface area contributed by atoms with Crippen LogP contribution in [0, 0.1) is 17.7 Å². The van der Waals surface area contributed by atoms with Crippen LogP contribution in [0.3, 0.4) is 0 Å². The van der Waals surface area contributed by atoms with Crippen molar-refractivity contribution in [3.05, 3.63) is 101 Å². The zero-order valence-corrected chi connectivity index (χ0v) is 14.6. The molecule has 0 spiro atoms. The van der Waals surface area contributed by atoms with Crippen LogP contribution in [0.1, 0.15) is 22.4 Å². The number of aromatic nitrogens is 2. The number of hydrogen-bond acceptors (Lipinski definition) is 2. The van der Waals surface area contributed by atoms with E-state index in [1.165, 1.54) is 12.1 Å². The van der Waals surface area contributed by atoms with Crippen molar-refractivity contribution in [3.8, 4) is 11.8 Å². The molecular formula is C23H17FN2O. The van der Waals surface area contributed by atoms with Crippen LogP contribution < -0.4 is 0 Å². The van der Waals surface area contributed by atoms with Gasteiger partial charge >= 0.3 is 0 Å². The summed E-state index contributed by atoms with van der Waals surface area (Å²) in [6, 6.07) is 20.3. The van der Waals surface area contributed by atoms with Crippen LogP contribution in [0.15, 0.2) is 72.9 Å². The normalized spacial score (nSPS) is 10.6. The molecular weight excluding hydrogens is 339 g/mol. The van der Waals surface area contributed by atoms with E-state index in [0.29, 0.717) is 13.2 Å². The summed E-state index contributed by atoms with van der Waals surface area (Å²) in [7, 11) is 0. The van der Waals surface area contributed by atoms with Gasteiger partial charge in [-0.1, -0.05) is 30.2 Å². The minimum absolute atomic E-state index is 0.246. The van der Waals surface area contributed by atoms with Gasteiger partial charge in [0.1, 0.15) is 11.5 Å². The lowest BCUT2D eigenvalue weighted by molar-refractivity contribution is 0.107. The zero-order chi connectivity index (χ0) is 18.5. The fourth-order valence-electron chi connectivity index (χ4n) is 2.76. The van der Waals surface area contributed by atoms with Gasteiger partial charge in [-0.2, -0.15) is 0 Å². The quantitative estimate of drug-likeness (QED) is 0.533. The number of fused-ring (bicyclic) bond motifs is 1. The largest absolute Gasteiger partial charge is 0.372 e. The highest BCUT2D eigenvalue weighted by atomic mass is 19.1. The average Bonchev–Trinajstić information content (AvgIpc) is 3.10. The van der Waals surface area contributed by atoms with Gasteiger partial charge in [-0.3, -0.25) is 0 Å². The van der Waals surface area contributed by atoms with Gasteiger partial charge in [0.25, 0.3) is 0 Å². The number of hydrogen-bond donors (Lipinski definition) is 1. The predicted molar refractivity (Wildman–Crippen MR) is 103 cm³/mol. The molecule has 0 atom stereocenters. The number of ether oxygens (including phenoxy) is 1. The molecule has 0 aliphatic heterocycles. The van der Waals surface area contributed by atoms with E-state index in [1.54, 1.807) is 12.3 Å². The Labute approximate surface area is 156 Å². The summed E-state index contributed by atoms with van der Waals surface area (Å²) in [6.07, 6.45) is 1.76.